The number of hydrogen-bond donors (Lipinski definition) is 0. The van der Waals surface area contributed by atoms with E-state index in [1.54, 1.807) is 30.1 Å². The van der Waals surface area contributed by atoms with Gasteiger partial charge in [-0.1, -0.05) is 47.3 Å². The van der Waals surface area contributed by atoms with Gasteiger partial charge < -0.3 is 4.90 Å². The second kappa shape index (κ2) is 7.59. The lowest BCUT2D eigenvalue weighted by Crippen LogP contribution is -2.41. The maximum absolute atomic E-state index is 12.3. The first-order valence-corrected chi connectivity index (χ1v) is 10.2. The highest BCUT2D eigenvalue weighted by Crippen LogP contribution is 2.22. The number of carbonyl (C=O) groups is 1. The molecule has 1 fully saturated rings. The monoisotopic (exact) mass is 387 g/mol. The second-order valence-corrected chi connectivity index (χ2v) is 8.94. The zero-order valence-electron chi connectivity index (χ0n) is 12.8. The zero-order valence-corrected chi connectivity index (χ0v) is 15.2. The molecule has 0 spiro atoms. The molecule has 0 aromatic heterocycles. The summed E-state index contributed by atoms with van der Waals surface area (Å²) < 4.78 is 25.3. The first kappa shape index (κ1) is 17.5. The summed E-state index contributed by atoms with van der Waals surface area (Å²) in [6.45, 7) is 0. The van der Waals surface area contributed by atoms with Crippen LogP contribution in [-0.4, -0.2) is 38.1 Å². The summed E-state index contributed by atoms with van der Waals surface area (Å²) >= 11 is 3.33. The average molecular weight is 388 g/mol. The van der Waals surface area contributed by atoms with Gasteiger partial charge in [-0.05, 0) is 30.5 Å². The molecule has 22 heavy (non-hydrogen) atoms. The molecular formula is C16H22BrNO3S. The topological polar surface area (TPSA) is 54.5 Å². The molecule has 0 radical (unpaired) electrons. The van der Waals surface area contributed by atoms with Crippen molar-refractivity contribution in [1.82, 2.24) is 4.90 Å². The van der Waals surface area contributed by atoms with Gasteiger partial charge in [-0.25, -0.2) is 8.42 Å². The molecule has 1 amide bonds. The third-order valence-corrected chi connectivity index (χ3v) is 6.09. The van der Waals surface area contributed by atoms with Gasteiger partial charge in [-0.3, -0.25) is 4.79 Å². The molecule has 0 heterocycles. The Morgan fingerprint density at radius 3 is 2.59 bits per heavy atom. The molecule has 1 aromatic rings. The highest BCUT2D eigenvalue weighted by Gasteiger charge is 2.26. The fraction of sp³-hybridized carbons (Fsp3) is 0.562. The van der Waals surface area contributed by atoms with Crippen LogP contribution < -0.4 is 0 Å². The van der Waals surface area contributed by atoms with Crippen LogP contribution in [0.15, 0.2) is 28.7 Å². The molecular weight excluding hydrogens is 366 g/mol. The van der Waals surface area contributed by atoms with Crippen LogP contribution >= 0.6 is 15.9 Å². The number of carbonyl (C=O) groups excluding carboxylic acids is 1. The molecule has 1 saturated carbocycles. The lowest BCUT2D eigenvalue weighted by Gasteiger charge is -2.31. The number of nitrogens with zero attached hydrogens (tertiary/aromatic N) is 1. The summed E-state index contributed by atoms with van der Waals surface area (Å²) in [7, 11) is -1.72. The van der Waals surface area contributed by atoms with Crippen molar-refractivity contribution in [3.63, 3.8) is 0 Å². The van der Waals surface area contributed by atoms with E-state index < -0.39 is 15.6 Å². The Bertz CT molecular complexity index is 624. The van der Waals surface area contributed by atoms with Gasteiger partial charge in [0.2, 0.25) is 5.91 Å². The van der Waals surface area contributed by atoms with Crippen molar-refractivity contribution in [2.24, 2.45) is 0 Å². The van der Waals surface area contributed by atoms with Crippen LogP contribution in [0.25, 0.3) is 0 Å². The molecule has 0 atom stereocenters. The molecule has 1 aromatic carbocycles. The maximum Gasteiger partial charge on any atom is 0.237 e. The van der Waals surface area contributed by atoms with Gasteiger partial charge in [0.1, 0.15) is 5.75 Å². The SMILES string of the molecule is CN(C(=O)CS(=O)(=O)Cc1cccc(Br)c1)C1CCCCC1. The Morgan fingerprint density at radius 2 is 1.95 bits per heavy atom. The fourth-order valence-corrected chi connectivity index (χ4v) is 4.71. The van der Waals surface area contributed by atoms with E-state index in [4.69, 9.17) is 0 Å². The summed E-state index contributed by atoms with van der Waals surface area (Å²) in [6, 6.07) is 7.37. The van der Waals surface area contributed by atoms with Crippen molar-refractivity contribution in [3.05, 3.63) is 34.3 Å². The largest absolute Gasteiger partial charge is 0.342 e. The lowest BCUT2D eigenvalue weighted by molar-refractivity contribution is -0.129. The Morgan fingerprint density at radius 1 is 1.27 bits per heavy atom. The standard InChI is InChI=1S/C16H22BrNO3S/c1-18(15-8-3-2-4-9-15)16(19)12-22(20,21)11-13-6-5-7-14(17)10-13/h5-7,10,15H,2-4,8-9,11-12H2,1H3. The Hall–Kier alpha value is -0.880. The van der Waals surface area contributed by atoms with Crippen molar-refractivity contribution < 1.29 is 13.2 Å². The van der Waals surface area contributed by atoms with Gasteiger partial charge in [0, 0.05) is 17.6 Å². The molecule has 0 saturated heterocycles. The van der Waals surface area contributed by atoms with Gasteiger partial charge in [-0.2, -0.15) is 0 Å². The smallest absolute Gasteiger partial charge is 0.237 e. The van der Waals surface area contributed by atoms with E-state index in [1.165, 1.54) is 6.42 Å². The molecule has 1 aliphatic carbocycles. The summed E-state index contributed by atoms with van der Waals surface area (Å²) in [6.07, 6.45) is 5.40. The van der Waals surface area contributed by atoms with E-state index in [0.717, 1.165) is 30.2 Å². The van der Waals surface area contributed by atoms with E-state index >= 15 is 0 Å². The number of rotatable bonds is 5. The van der Waals surface area contributed by atoms with E-state index in [0.29, 0.717) is 5.56 Å². The van der Waals surface area contributed by atoms with Gasteiger partial charge >= 0.3 is 0 Å². The van der Waals surface area contributed by atoms with Crippen LogP contribution in [0, 0.1) is 0 Å². The van der Waals surface area contributed by atoms with Crippen LogP contribution in [0.5, 0.6) is 0 Å². The van der Waals surface area contributed by atoms with Crippen molar-refractivity contribution in [3.8, 4) is 0 Å². The third kappa shape index (κ3) is 5.09. The summed E-state index contributed by atoms with van der Waals surface area (Å²) in [5.74, 6) is -0.801. The second-order valence-electron chi connectivity index (χ2n) is 5.96. The Labute approximate surface area is 140 Å². The highest BCUT2D eigenvalue weighted by molar-refractivity contribution is 9.10. The third-order valence-electron chi connectivity index (χ3n) is 4.13. The molecule has 0 aliphatic heterocycles. The minimum absolute atomic E-state index is 0.101. The summed E-state index contributed by atoms with van der Waals surface area (Å²) in [5, 5.41) is 0. The first-order valence-electron chi connectivity index (χ1n) is 7.58. The minimum Gasteiger partial charge on any atom is -0.342 e. The molecule has 2 rings (SSSR count). The molecule has 4 nitrogen and oxygen atoms in total. The predicted octanol–water partition coefficient (Wildman–Crippen LogP) is 3.16. The Balaban J connectivity index is 1.97. The lowest BCUT2D eigenvalue weighted by atomic mass is 9.94. The first-order chi connectivity index (χ1) is 10.4. The number of hydrogen-bond acceptors (Lipinski definition) is 3. The van der Waals surface area contributed by atoms with Gasteiger partial charge in [0.25, 0.3) is 0 Å². The molecule has 0 bridgehead atoms. The summed E-state index contributed by atoms with van der Waals surface area (Å²) in [5.41, 5.74) is 0.697. The number of halogens is 1. The normalized spacial score (nSPS) is 16.5. The van der Waals surface area contributed by atoms with Gasteiger partial charge in [-0.15, -0.1) is 0 Å². The Kier molecular flexibility index (Phi) is 6.03. The zero-order chi connectivity index (χ0) is 16.2. The van der Waals surface area contributed by atoms with Crippen LogP contribution in [-0.2, 0) is 20.4 Å². The van der Waals surface area contributed by atoms with E-state index in [1.807, 2.05) is 6.07 Å². The van der Waals surface area contributed by atoms with Crippen LogP contribution in [0.4, 0.5) is 0 Å². The quantitative estimate of drug-likeness (QED) is 0.779. The molecule has 0 N–H and O–H groups in total. The van der Waals surface area contributed by atoms with E-state index in [-0.39, 0.29) is 17.7 Å². The van der Waals surface area contributed by atoms with Crippen molar-refractivity contribution in [2.45, 2.75) is 43.9 Å². The number of amides is 1. The maximum atomic E-state index is 12.3. The fourth-order valence-electron chi connectivity index (χ4n) is 2.89. The summed E-state index contributed by atoms with van der Waals surface area (Å²) in [4.78, 5) is 13.9. The molecule has 122 valence electrons. The van der Waals surface area contributed by atoms with Crippen LogP contribution in [0.2, 0.25) is 0 Å². The van der Waals surface area contributed by atoms with Gasteiger partial charge in [0.15, 0.2) is 9.84 Å². The van der Waals surface area contributed by atoms with E-state index in [9.17, 15) is 13.2 Å². The molecule has 1 aliphatic rings. The minimum atomic E-state index is -3.45. The van der Waals surface area contributed by atoms with Crippen molar-refractivity contribution in [2.75, 3.05) is 12.8 Å². The van der Waals surface area contributed by atoms with E-state index in [2.05, 4.69) is 15.9 Å². The van der Waals surface area contributed by atoms with Crippen molar-refractivity contribution >= 4 is 31.7 Å². The molecule has 0 unspecified atom stereocenters. The number of sulfone groups is 1. The van der Waals surface area contributed by atoms with Crippen LogP contribution in [0.3, 0.4) is 0 Å². The predicted molar refractivity (Wildman–Crippen MR) is 91.3 cm³/mol. The van der Waals surface area contributed by atoms with Gasteiger partial charge in [0.05, 0.1) is 5.75 Å². The van der Waals surface area contributed by atoms with Crippen LogP contribution in [0.1, 0.15) is 37.7 Å². The highest BCUT2D eigenvalue weighted by atomic mass is 79.9. The number of benzene rings is 1. The molecule has 6 heteroatoms. The average Bonchev–Trinajstić information content (AvgIpc) is 2.46. The van der Waals surface area contributed by atoms with Crippen molar-refractivity contribution in [1.29, 1.82) is 0 Å².